The number of nitrogens with one attached hydrogen (secondary N) is 1. The van der Waals surface area contributed by atoms with Gasteiger partial charge in [0, 0.05) is 6.61 Å². The lowest BCUT2D eigenvalue weighted by Crippen LogP contribution is -2.27. The molecule has 0 bridgehead atoms. The van der Waals surface area contributed by atoms with Gasteiger partial charge >= 0.3 is 0 Å². The largest absolute Gasteiger partial charge is 0.381 e. The fourth-order valence-corrected chi connectivity index (χ4v) is 0.996. The Morgan fingerprint density at radius 2 is 1.83 bits per heavy atom. The summed E-state index contributed by atoms with van der Waals surface area (Å²) in [6, 6.07) is 0. The van der Waals surface area contributed by atoms with E-state index in [9.17, 15) is 0 Å². The summed E-state index contributed by atoms with van der Waals surface area (Å²) >= 11 is 0. The summed E-state index contributed by atoms with van der Waals surface area (Å²) in [7, 11) is 0. The highest BCUT2D eigenvalue weighted by Gasteiger charge is 2.01. The molecule has 0 fully saturated rings. The first kappa shape index (κ1) is 11.9. The van der Waals surface area contributed by atoms with Crippen molar-refractivity contribution in [2.24, 2.45) is 11.8 Å². The highest BCUT2D eigenvalue weighted by Crippen LogP contribution is 1.94. The molecule has 1 N–H and O–H groups in total. The lowest BCUT2D eigenvalue weighted by Gasteiger charge is -2.13. The second-order valence-corrected chi connectivity index (χ2v) is 3.82. The van der Waals surface area contributed by atoms with Crippen molar-refractivity contribution < 1.29 is 4.74 Å². The summed E-state index contributed by atoms with van der Waals surface area (Å²) in [4.78, 5) is 0. The van der Waals surface area contributed by atoms with E-state index in [4.69, 9.17) is 4.74 Å². The van der Waals surface area contributed by atoms with Gasteiger partial charge in [-0.25, -0.2) is 0 Å². The summed E-state index contributed by atoms with van der Waals surface area (Å²) < 4.78 is 5.31. The highest BCUT2D eigenvalue weighted by molar-refractivity contribution is 4.57. The zero-order valence-electron chi connectivity index (χ0n) is 8.89. The first-order valence-electron chi connectivity index (χ1n) is 4.95. The molecular formula is C10H23NO. The molecule has 0 aliphatic carbocycles. The number of hydrogen-bond acceptors (Lipinski definition) is 2. The number of rotatable bonds is 7. The Morgan fingerprint density at radius 3 is 2.33 bits per heavy atom. The van der Waals surface area contributed by atoms with Crippen LogP contribution in [-0.4, -0.2) is 26.3 Å². The van der Waals surface area contributed by atoms with Crippen LogP contribution in [0.2, 0.25) is 0 Å². The van der Waals surface area contributed by atoms with Crippen molar-refractivity contribution in [1.82, 2.24) is 5.32 Å². The molecule has 0 aliphatic rings. The van der Waals surface area contributed by atoms with Gasteiger partial charge in [0.15, 0.2) is 0 Å². The minimum absolute atomic E-state index is 0.628. The summed E-state index contributed by atoms with van der Waals surface area (Å²) in [6.45, 7) is 12.6. The summed E-state index contributed by atoms with van der Waals surface area (Å²) in [6.07, 6.45) is 0. The molecule has 0 aromatic carbocycles. The molecule has 1 atom stereocenters. The van der Waals surface area contributed by atoms with E-state index in [-0.39, 0.29) is 0 Å². The maximum absolute atomic E-state index is 5.31. The van der Waals surface area contributed by atoms with Gasteiger partial charge in [-0.15, -0.1) is 0 Å². The molecule has 0 amide bonds. The SMILES string of the molecule is CCOCC(C)CNCC(C)C. The summed E-state index contributed by atoms with van der Waals surface area (Å²) in [5.74, 6) is 1.37. The van der Waals surface area contributed by atoms with Gasteiger partial charge in [0.05, 0.1) is 6.61 Å². The van der Waals surface area contributed by atoms with Gasteiger partial charge < -0.3 is 10.1 Å². The first-order valence-corrected chi connectivity index (χ1v) is 4.95. The molecule has 12 heavy (non-hydrogen) atoms. The summed E-state index contributed by atoms with van der Waals surface area (Å²) in [5.41, 5.74) is 0. The fourth-order valence-electron chi connectivity index (χ4n) is 0.996. The third-order valence-electron chi connectivity index (χ3n) is 1.65. The van der Waals surface area contributed by atoms with Crippen molar-refractivity contribution in [3.8, 4) is 0 Å². The van der Waals surface area contributed by atoms with Crippen molar-refractivity contribution in [2.75, 3.05) is 26.3 Å². The fraction of sp³-hybridized carbons (Fsp3) is 1.00. The van der Waals surface area contributed by atoms with E-state index >= 15 is 0 Å². The van der Waals surface area contributed by atoms with Gasteiger partial charge in [-0.3, -0.25) is 0 Å². The molecule has 0 aliphatic heterocycles. The topological polar surface area (TPSA) is 21.3 Å². The van der Waals surface area contributed by atoms with Crippen LogP contribution >= 0.6 is 0 Å². The Labute approximate surface area is 76.7 Å². The minimum atomic E-state index is 0.628. The van der Waals surface area contributed by atoms with Crippen molar-refractivity contribution in [3.05, 3.63) is 0 Å². The Kier molecular flexibility index (Phi) is 7.51. The predicted octanol–water partition coefficient (Wildman–Crippen LogP) is 1.90. The molecular weight excluding hydrogens is 150 g/mol. The van der Waals surface area contributed by atoms with Gasteiger partial charge in [-0.1, -0.05) is 20.8 Å². The van der Waals surface area contributed by atoms with Crippen LogP contribution in [0, 0.1) is 11.8 Å². The van der Waals surface area contributed by atoms with Crippen LogP contribution in [0.5, 0.6) is 0 Å². The third-order valence-corrected chi connectivity index (χ3v) is 1.65. The Morgan fingerprint density at radius 1 is 1.17 bits per heavy atom. The number of hydrogen-bond donors (Lipinski definition) is 1. The van der Waals surface area contributed by atoms with Gasteiger partial charge in [0.25, 0.3) is 0 Å². The average molecular weight is 173 g/mol. The van der Waals surface area contributed by atoms with Crippen LogP contribution in [-0.2, 0) is 4.74 Å². The van der Waals surface area contributed by atoms with Crippen LogP contribution in [0.25, 0.3) is 0 Å². The summed E-state index contributed by atoms with van der Waals surface area (Å²) in [5, 5.41) is 3.41. The molecule has 74 valence electrons. The zero-order valence-corrected chi connectivity index (χ0v) is 8.89. The maximum Gasteiger partial charge on any atom is 0.0503 e. The lowest BCUT2D eigenvalue weighted by atomic mass is 10.2. The molecule has 0 aromatic heterocycles. The van der Waals surface area contributed by atoms with E-state index in [0.717, 1.165) is 32.2 Å². The zero-order chi connectivity index (χ0) is 9.40. The van der Waals surface area contributed by atoms with E-state index in [1.165, 1.54) is 0 Å². The normalized spacial score (nSPS) is 13.8. The Hall–Kier alpha value is -0.0800. The molecule has 2 nitrogen and oxygen atoms in total. The second-order valence-electron chi connectivity index (χ2n) is 3.82. The van der Waals surface area contributed by atoms with Gasteiger partial charge in [-0.05, 0) is 31.8 Å². The second kappa shape index (κ2) is 7.56. The molecule has 0 aromatic rings. The van der Waals surface area contributed by atoms with E-state index in [1.807, 2.05) is 6.92 Å². The van der Waals surface area contributed by atoms with E-state index in [1.54, 1.807) is 0 Å². The molecule has 0 rings (SSSR count). The van der Waals surface area contributed by atoms with Gasteiger partial charge in [0.2, 0.25) is 0 Å². The van der Waals surface area contributed by atoms with Crippen LogP contribution in [0.15, 0.2) is 0 Å². The van der Waals surface area contributed by atoms with Crippen molar-refractivity contribution in [3.63, 3.8) is 0 Å². The van der Waals surface area contributed by atoms with E-state index in [0.29, 0.717) is 5.92 Å². The first-order chi connectivity index (χ1) is 5.66. The monoisotopic (exact) mass is 173 g/mol. The quantitative estimate of drug-likeness (QED) is 0.635. The van der Waals surface area contributed by atoms with Crippen molar-refractivity contribution in [1.29, 1.82) is 0 Å². The van der Waals surface area contributed by atoms with Gasteiger partial charge in [-0.2, -0.15) is 0 Å². The number of ether oxygens (including phenoxy) is 1. The predicted molar refractivity (Wildman–Crippen MR) is 53.4 cm³/mol. The highest BCUT2D eigenvalue weighted by atomic mass is 16.5. The average Bonchev–Trinajstić information content (AvgIpc) is 2.00. The molecule has 0 radical (unpaired) electrons. The maximum atomic E-state index is 5.31. The van der Waals surface area contributed by atoms with Gasteiger partial charge in [0.1, 0.15) is 0 Å². The third kappa shape index (κ3) is 8.02. The van der Waals surface area contributed by atoms with Crippen molar-refractivity contribution in [2.45, 2.75) is 27.7 Å². The molecule has 0 saturated heterocycles. The van der Waals surface area contributed by atoms with Crippen molar-refractivity contribution >= 4 is 0 Å². The standard InChI is InChI=1S/C10H23NO/c1-5-12-8-10(4)7-11-6-9(2)3/h9-11H,5-8H2,1-4H3. The van der Waals surface area contributed by atoms with Crippen LogP contribution in [0.3, 0.4) is 0 Å². The van der Waals surface area contributed by atoms with E-state index < -0.39 is 0 Å². The lowest BCUT2D eigenvalue weighted by molar-refractivity contribution is 0.115. The molecule has 0 heterocycles. The van der Waals surface area contributed by atoms with Crippen LogP contribution in [0.1, 0.15) is 27.7 Å². The molecule has 2 heteroatoms. The van der Waals surface area contributed by atoms with Crippen LogP contribution in [0.4, 0.5) is 0 Å². The Bertz CT molecular complexity index is 93.8. The van der Waals surface area contributed by atoms with Crippen LogP contribution < -0.4 is 5.32 Å². The smallest absolute Gasteiger partial charge is 0.0503 e. The molecule has 0 spiro atoms. The molecule has 1 unspecified atom stereocenters. The van der Waals surface area contributed by atoms with E-state index in [2.05, 4.69) is 26.1 Å². The Balaban J connectivity index is 3.13. The minimum Gasteiger partial charge on any atom is -0.381 e. The molecule has 0 saturated carbocycles.